The minimum absolute atomic E-state index is 0.425. The third-order valence-corrected chi connectivity index (χ3v) is 6.27. The maximum Gasteiger partial charge on any atom is 0.234 e. The summed E-state index contributed by atoms with van der Waals surface area (Å²) in [6.07, 6.45) is 9.91. The summed E-state index contributed by atoms with van der Waals surface area (Å²) < 4.78 is 6.04. The number of rotatable bonds is 5. The predicted octanol–water partition coefficient (Wildman–Crippen LogP) is 5.51. The van der Waals surface area contributed by atoms with Crippen LogP contribution in [0, 0.1) is 5.92 Å². The zero-order valence-electron chi connectivity index (χ0n) is 18.3. The lowest BCUT2D eigenvalue weighted by Gasteiger charge is -2.32. The Balaban J connectivity index is 1.51. The second-order valence-corrected chi connectivity index (χ2v) is 9.19. The van der Waals surface area contributed by atoms with Crippen molar-refractivity contribution < 1.29 is 4.74 Å². The van der Waals surface area contributed by atoms with Crippen LogP contribution in [0.4, 0.5) is 11.8 Å². The molecule has 6 nitrogen and oxygen atoms in total. The fourth-order valence-electron chi connectivity index (χ4n) is 4.44. The van der Waals surface area contributed by atoms with Gasteiger partial charge in [0.25, 0.3) is 0 Å². The third kappa shape index (κ3) is 6.53. The van der Waals surface area contributed by atoms with Crippen molar-refractivity contribution in [1.82, 2.24) is 15.3 Å². The standard InChI is InChI=1S/C24H33N5OS/c1-18-10-9-15-29(17-18)21-16-22(30-20-13-7-4-8-14-20)27-23(26-21)28-24(31)25-19-11-5-2-3-6-12-19/h4,7-8,13-14,16,18-19H,2-3,5-6,9-12,15,17H2,1H3,(H2,25,26,27,28,31)/t18-/m0/s1. The summed E-state index contributed by atoms with van der Waals surface area (Å²) >= 11 is 5.60. The van der Waals surface area contributed by atoms with Gasteiger partial charge in [-0.05, 0) is 56.0 Å². The van der Waals surface area contributed by atoms with Crippen LogP contribution >= 0.6 is 12.2 Å². The molecular weight excluding hydrogens is 406 g/mol. The summed E-state index contributed by atoms with van der Waals surface area (Å²) in [6.45, 7) is 4.28. The highest BCUT2D eigenvalue weighted by molar-refractivity contribution is 7.80. The fraction of sp³-hybridized carbons (Fsp3) is 0.542. The van der Waals surface area contributed by atoms with Crippen LogP contribution in [0.3, 0.4) is 0 Å². The molecule has 2 heterocycles. The molecule has 1 aliphatic carbocycles. The number of piperidine rings is 1. The van der Waals surface area contributed by atoms with E-state index in [1.165, 1.54) is 38.5 Å². The average Bonchev–Trinajstić information content (AvgIpc) is 3.03. The van der Waals surface area contributed by atoms with Gasteiger partial charge in [0.2, 0.25) is 11.8 Å². The number of benzene rings is 1. The van der Waals surface area contributed by atoms with Crippen molar-refractivity contribution in [3.63, 3.8) is 0 Å². The van der Waals surface area contributed by atoms with E-state index in [0.29, 0.717) is 28.9 Å². The molecule has 1 aromatic heterocycles. The number of anilines is 2. The van der Waals surface area contributed by atoms with Crippen LogP contribution in [0.15, 0.2) is 36.4 Å². The molecule has 1 atom stereocenters. The number of para-hydroxylation sites is 1. The van der Waals surface area contributed by atoms with Crippen molar-refractivity contribution in [1.29, 1.82) is 0 Å². The zero-order valence-corrected chi connectivity index (χ0v) is 19.2. The van der Waals surface area contributed by atoms with Gasteiger partial charge >= 0.3 is 0 Å². The quantitative estimate of drug-likeness (QED) is 0.470. The minimum atomic E-state index is 0.425. The molecule has 31 heavy (non-hydrogen) atoms. The summed E-state index contributed by atoms with van der Waals surface area (Å²) in [4.78, 5) is 11.7. The number of hydrogen-bond donors (Lipinski definition) is 2. The van der Waals surface area contributed by atoms with Crippen LogP contribution in [0.5, 0.6) is 11.6 Å². The Kier molecular flexibility index (Phi) is 7.57. The summed E-state index contributed by atoms with van der Waals surface area (Å²) in [5.41, 5.74) is 0. The van der Waals surface area contributed by atoms with E-state index >= 15 is 0 Å². The van der Waals surface area contributed by atoms with E-state index in [-0.39, 0.29) is 0 Å². The molecule has 4 rings (SSSR count). The molecule has 2 aliphatic rings. The summed E-state index contributed by atoms with van der Waals surface area (Å²) in [5.74, 6) is 3.29. The van der Waals surface area contributed by atoms with Crippen LogP contribution in [0.25, 0.3) is 0 Å². The molecule has 0 unspecified atom stereocenters. The Morgan fingerprint density at radius 2 is 1.81 bits per heavy atom. The average molecular weight is 440 g/mol. The molecule has 0 radical (unpaired) electrons. The highest BCUT2D eigenvalue weighted by Gasteiger charge is 2.20. The Morgan fingerprint density at radius 3 is 2.55 bits per heavy atom. The van der Waals surface area contributed by atoms with Crippen molar-refractivity contribution in [3.05, 3.63) is 36.4 Å². The maximum atomic E-state index is 6.04. The molecule has 0 spiro atoms. The van der Waals surface area contributed by atoms with Gasteiger partial charge in [-0.2, -0.15) is 9.97 Å². The first-order chi connectivity index (χ1) is 15.2. The molecule has 1 aromatic carbocycles. The predicted molar refractivity (Wildman–Crippen MR) is 130 cm³/mol. The van der Waals surface area contributed by atoms with Gasteiger partial charge < -0.3 is 20.3 Å². The third-order valence-electron chi connectivity index (χ3n) is 6.05. The van der Waals surface area contributed by atoms with E-state index in [0.717, 1.165) is 37.5 Å². The number of ether oxygens (including phenoxy) is 1. The summed E-state index contributed by atoms with van der Waals surface area (Å²) in [7, 11) is 0. The molecule has 2 aromatic rings. The Labute approximate surface area is 190 Å². The van der Waals surface area contributed by atoms with Crippen molar-refractivity contribution in [2.45, 2.75) is 64.3 Å². The van der Waals surface area contributed by atoms with E-state index in [9.17, 15) is 0 Å². The van der Waals surface area contributed by atoms with E-state index in [1.54, 1.807) is 0 Å². The summed E-state index contributed by atoms with van der Waals surface area (Å²) in [5, 5.41) is 7.27. The number of hydrogen-bond acceptors (Lipinski definition) is 5. The van der Waals surface area contributed by atoms with E-state index < -0.39 is 0 Å². The molecule has 2 fully saturated rings. The monoisotopic (exact) mass is 439 g/mol. The van der Waals surface area contributed by atoms with Crippen molar-refractivity contribution in [3.8, 4) is 11.6 Å². The van der Waals surface area contributed by atoms with Gasteiger partial charge in [-0.15, -0.1) is 0 Å². The number of nitrogens with one attached hydrogen (secondary N) is 2. The number of aromatic nitrogens is 2. The Bertz CT molecular complexity index is 854. The molecular formula is C24H33N5OS. The highest BCUT2D eigenvalue weighted by atomic mass is 32.1. The van der Waals surface area contributed by atoms with Crippen molar-refractivity contribution >= 4 is 29.1 Å². The molecule has 0 bridgehead atoms. The first kappa shape index (κ1) is 21.8. The molecule has 1 saturated carbocycles. The van der Waals surface area contributed by atoms with Crippen LogP contribution in [0.1, 0.15) is 58.3 Å². The van der Waals surface area contributed by atoms with Crippen LogP contribution < -0.4 is 20.3 Å². The van der Waals surface area contributed by atoms with Gasteiger partial charge in [0, 0.05) is 25.2 Å². The van der Waals surface area contributed by atoms with Gasteiger partial charge in [-0.3, -0.25) is 0 Å². The lowest BCUT2D eigenvalue weighted by molar-refractivity contribution is 0.440. The lowest BCUT2D eigenvalue weighted by Crippen LogP contribution is -2.38. The van der Waals surface area contributed by atoms with E-state index in [4.69, 9.17) is 21.9 Å². The number of thiocarbonyl (C=S) groups is 1. The number of nitrogens with zero attached hydrogens (tertiary/aromatic N) is 3. The molecule has 7 heteroatoms. The van der Waals surface area contributed by atoms with Gasteiger partial charge in [-0.25, -0.2) is 0 Å². The second kappa shape index (κ2) is 10.8. The van der Waals surface area contributed by atoms with Crippen molar-refractivity contribution in [2.24, 2.45) is 5.92 Å². The van der Waals surface area contributed by atoms with Gasteiger partial charge in [0.1, 0.15) is 11.6 Å². The molecule has 0 amide bonds. The lowest BCUT2D eigenvalue weighted by atomic mass is 10.0. The first-order valence-corrected chi connectivity index (χ1v) is 12.0. The molecule has 166 valence electrons. The van der Waals surface area contributed by atoms with Gasteiger partial charge in [0.15, 0.2) is 5.11 Å². The SMILES string of the molecule is C[C@H]1CCCN(c2cc(Oc3ccccc3)nc(NC(=S)NC3CCCCCC3)n2)C1. The highest BCUT2D eigenvalue weighted by Crippen LogP contribution is 2.28. The second-order valence-electron chi connectivity index (χ2n) is 8.78. The first-order valence-electron chi connectivity index (χ1n) is 11.6. The van der Waals surface area contributed by atoms with Gasteiger partial charge in [0.05, 0.1) is 0 Å². The minimum Gasteiger partial charge on any atom is -0.439 e. The van der Waals surface area contributed by atoms with E-state index in [1.807, 2.05) is 36.4 Å². The van der Waals surface area contributed by atoms with Gasteiger partial charge in [-0.1, -0.05) is 50.8 Å². The summed E-state index contributed by atoms with van der Waals surface area (Å²) in [6, 6.07) is 12.1. The zero-order chi connectivity index (χ0) is 21.5. The van der Waals surface area contributed by atoms with Crippen LogP contribution in [-0.4, -0.2) is 34.2 Å². The normalized spacial score (nSPS) is 20.0. The molecule has 1 saturated heterocycles. The van der Waals surface area contributed by atoms with Crippen LogP contribution in [-0.2, 0) is 0 Å². The largest absolute Gasteiger partial charge is 0.439 e. The molecule has 2 N–H and O–H groups in total. The fourth-order valence-corrected chi connectivity index (χ4v) is 4.69. The van der Waals surface area contributed by atoms with Crippen molar-refractivity contribution in [2.75, 3.05) is 23.3 Å². The van der Waals surface area contributed by atoms with Crippen LogP contribution in [0.2, 0.25) is 0 Å². The smallest absolute Gasteiger partial charge is 0.234 e. The van der Waals surface area contributed by atoms with E-state index in [2.05, 4.69) is 27.4 Å². The maximum absolute atomic E-state index is 6.04. The molecule has 1 aliphatic heterocycles. The Morgan fingerprint density at radius 1 is 1.03 bits per heavy atom. The topological polar surface area (TPSA) is 62.3 Å². The Hall–Kier alpha value is -2.41.